The summed E-state index contributed by atoms with van der Waals surface area (Å²) in [5.74, 6) is 0.522. The third kappa shape index (κ3) is 9.55. The van der Waals surface area contributed by atoms with E-state index in [1.165, 1.54) is 6.08 Å². The van der Waals surface area contributed by atoms with E-state index in [-0.39, 0.29) is 11.9 Å². The van der Waals surface area contributed by atoms with Gasteiger partial charge in [-0.1, -0.05) is 94.1 Å². The van der Waals surface area contributed by atoms with Crippen molar-refractivity contribution in [3.05, 3.63) is 96.6 Å². The summed E-state index contributed by atoms with van der Waals surface area (Å²) in [6.07, 6.45) is 9.10. The molecule has 5 heteroatoms. The molecule has 0 saturated carbocycles. The molecule has 0 fully saturated rings. The van der Waals surface area contributed by atoms with Gasteiger partial charge in [-0.25, -0.2) is 9.59 Å². The Labute approximate surface area is 226 Å². The fourth-order valence-electron chi connectivity index (χ4n) is 4.12. The van der Waals surface area contributed by atoms with Gasteiger partial charge in [0.15, 0.2) is 0 Å². The molecule has 0 radical (unpaired) electrons. The maximum atomic E-state index is 12.9. The Balaban J connectivity index is 1.46. The topological polar surface area (TPSA) is 61.8 Å². The first-order valence-corrected chi connectivity index (χ1v) is 13.5. The number of aryl methyl sites for hydroxylation is 1. The van der Waals surface area contributed by atoms with Crippen molar-refractivity contribution in [1.82, 2.24) is 0 Å². The van der Waals surface area contributed by atoms with Crippen LogP contribution in [0.5, 0.6) is 11.5 Å². The molecule has 5 nitrogen and oxygen atoms in total. The van der Waals surface area contributed by atoms with Crippen LogP contribution in [0.25, 0.3) is 11.1 Å². The third-order valence-electron chi connectivity index (χ3n) is 6.21. The van der Waals surface area contributed by atoms with Crippen LogP contribution in [-0.2, 0) is 16.0 Å². The van der Waals surface area contributed by atoms with Crippen molar-refractivity contribution in [2.45, 2.75) is 58.3 Å². The molecule has 38 heavy (non-hydrogen) atoms. The van der Waals surface area contributed by atoms with Crippen LogP contribution in [0.15, 0.2) is 85.5 Å². The minimum Gasteiger partial charge on any atom is -0.493 e. The number of hydrogen-bond donors (Lipinski definition) is 0. The van der Waals surface area contributed by atoms with E-state index in [0.717, 1.165) is 68.1 Å². The number of ether oxygens (including phenoxy) is 3. The molecule has 0 aliphatic rings. The van der Waals surface area contributed by atoms with E-state index in [2.05, 4.69) is 13.5 Å². The van der Waals surface area contributed by atoms with Crippen molar-refractivity contribution >= 4 is 11.9 Å². The monoisotopic (exact) mass is 514 g/mol. The van der Waals surface area contributed by atoms with Crippen molar-refractivity contribution in [3.63, 3.8) is 0 Å². The predicted octanol–water partition coefficient (Wildman–Crippen LogP) is 7.97. The maximum Gasteiger partial charge on any atom is 0.343 e. The van der Waals surface area contributed by atoms with E-state index in [1.807, 2.05) is 60.7 Å². The number of carbonyl (C=O) groups excluding carboxylic acids is 2. The Hall–Kier alpha value is -3.86. The average molecular weight is 515 g/mol. The van der Waals surface area contributed by atoms with Gasteiger partial charge in [-0.15, -0.1) is 0 Å². The highest BCUT2D eigenvalue weighted by Crippen LogP contribution is 2.28. The minimum atomic E-state index is -0.377. The molecular weight excluding hydrogens is 476 g/mol. The molecule has 0 aliphatic heterocycles. The van der Waals surface area contributed by atoms with Crippen LogP contribution < -0.4 is 9.47 Å². The van der Waals surface area contributed by atoms with Crippen LogP contribution in [-0.4, -0.2) is 25.2 Å². The van der Waals surface area contributed by atoms with E-state index in [4.69, 9.17) is 14.2 Å². The Bertz CT molecular complexity index is 1150. The zero-order valence-electron chi connectivity index (χ0n) is 22.3. The van der Waals surface area contributed by atoms with Gasteiger partial charge in [-0.3, -0.25) is 0 Å². The van der Waals surface area contributed by atoms with Gasteiger partial charge in [0.25, 0.3) is 0 Å². The first-order chi connectivity index (χ1) is 18.6. The lowest BCUT2D eigenvalue weighted by atomic mass is 10.0. The van der Waals surface area contributed by atoms with Gasteiger partial charge < -0.3 is 14.2 Å². The Morgan fingerprint density at radius 2 is 1.45 bits per heavy atom. The number of carbonyl (C=O) groups is 2. The highest BCUT2D eigenvalue weighted by molar-refractivity contribution is 5.92. The molecule has 200 valence electrons. The number of esters is 2. The summed E-state index contributed by atoms with van der Waals surface area (Å²) < 4.78 is 16.8. The standard InChI is InChI=1S/C33H38O5/c1-3-14-28-21-22-30(36-23-12-7-5-6-8-13-24-37-32(34)4-2)25-31(28)38-33(35)29-19-17-27(18-20-29)26-15-10-9-11-16-26/h4,9-11,15-22,25H,2-3,5-8,12-14,23-24H2,1H3. The van der Waals surface area contributed by atoms with E-state index in [9.17, 15) is 9.59 Å². The molecule has 0 amide bonds. The molecule has 3 aromatic rings. The minimum absolute atomic E-state index is 0.361. The van der Waals surface area contributed by atoms with Gasteiger partial charge in [-0.2, -0.15) is 0 Å². The summed E-state index contributed by atoms with van der Waals surface area (Å²) in [4.78, 5) is 23.9. The lowest BCUT2D eigenvalue weighted by Crippen LogP contribution is -2.10. The molecule has 0 heterocycles. The quantitative estimate of drug-likeness (QED) is 0.0839. The van der Waals surface area contributed by atoms with E-state index in [0.29, 0.717) is 30.3 Å². The van der Waals surface area contributed by atoms with Crippen LogP contribution in [0.1, 0.15) is 67.8 Å². The highest BCUT2D eigenvalue weighted by Gasteiger charge is 2.13. The number of hydrogen-bond acceptors (Lipinski definition) is 5. The maximum absolute atomic E-state index is 12.9. The second kappa shape index (κ2) is 16.1. The summed E-state index contributed by atoms with van der Waals surface area (Å²) in [7, 11) is 0. The fraction of sp³-hybridized carbons (Fsp3) is 0.333. The highest BCUT2D eigenvalue weighted by atomic mass is 16.5. The summed E-state index contributed by atoms with van der Waals surface area (Å²) in [5, 5.41) is 0. The third-order valence-corrected chi connectivity index (χ3v) is 6.21. The summed E-state index contributed by atoms with van der Waals surface area (Å²) in [5.41, 5.74) is 3.66. The SMILES string of the molecule is C=CC(=O)OCCCCCCCCOc1ccc(CCC)c(OC(=O)c2ccc(-c3ccccc3)cc2)c1. The van der Waals surface area contributed by atoms with Crippen LogP contribution in [0.2, 0.25) is 0 Å². The number of unbranched alkanes of at least 4 members (excludes halogenated alkanes) is 5. The van der Waals surface area contributed by atoms with Gasteiger partial charge in [0, 0.05) is 12.1 Å². The number of benzene rings is 3. The average Bonchev–Trinajstić information content (AvgIpc) is 2.95. The van der Waals surface area contributed by atoms with E-state index < -0.39 is 0 Å². The summed E-state index contributed by atoms with van der Waals surface area (Å²) >= 11 is 0. The van der Waals surface area contributed by atoms with Crippen LogP contribution >= 0.6 is 0 Å². The molecule has 0 bridgehead atoms. The fourth-order valence-corrected chi connectivity index (χ4v) is 4.12. The Morgan fingerprint density at radius 1 is 0.789 bits per heavy atom. The van der Waals surface area contributed by atoms with Crippen molar-refractivity contribution in [2.75, 3.05) is 13.2 Å². The van der Waals surface area contributed by atoms with Crippen molar-refractivity contribution in [1.29, 1.82) is 0 Å². The van der Waals surface area contributed by atoms with E-state index >= 15 is 0 Å². The molecule has 0 aromatic heterocycles. The van der Waals surface area contributed by atoms with Gasteiger partial charge in [0.05, 0.1) is 18.8 Å². The molecule has 0 N–H and O–H groups in total. The lowest BCUT2D eigenvalue weighted by molar-refractivity contribution is -0.137. The van der Waals surface area contributed by atoms with Crippen molar-refractivity contribution < 1.29 is 23.8 Å². The smallest absolute Gasteiger partial charge is 0.343 e. The molecular formula is C33H38O5. The van der Waals surface area contributed by atoms with Gasteiger partial charge in [0.1, 0.15) is 11.5 Å². The number of rotatable bonds is 16. The predicted molar refractivity (Wildman–Crippen MR) is 152 cm³/mol. The van der Waals surface area contributed by atoms with Gasteiger partial charge >= 0.3 is 11.9 Å². The molecule has 0 aliphatic carbocycles. The zero-order chi connectivity index (χ0) is 27.0. The largest absolute Gasteiger partial charge is 0.493 e. The summed E-state index contributed by atoms with van der Waals surface area (Å²) in [6.45, 7) is 6.55. The zero-order valence-corrected chi connectivity index (χ0v) is 22.3. The lowest BCUT2D eigenvalue weighted by Gasteiger charge is -2.13. The Morgan fingerprint density at radius 3 is 2.13 bits per heavy atom. The molecule has 0 spiro atoms. The van der Waals surface area contributed by atoms with Gasteiger partial charge in [-0.05, 0) is 54.2 Å². The first-order valence-electron chi connectivity index (χ1n) is 13.5. The van der Waals surface area contributed by atoms with Crippen LogP contribution in [0.4, 0.5) is 0 Å². The van der Waals surface area contributed by atoms with Gasteiger partial charge in [0.2, 0.25) is 0 Å². The molecule has 0 saturated heterocycles. The van der Waals surface area contributed by atoms with Crippen LogP contribution in [0, 0.1) is 0 Å². The van der Waals surface area contributed by atoms with Crippen LogP contribution in [0.3, 0.4) is 0 Å². The van der Waals surface area contributed by atoms with Crippen molar-refractivity contribution in [3.8, 4) is 22.6 Å². The second-order valence-corrected chi connectivity index (χ2v) is 9.19. The Kier molecular flexibility index (Phi) is 12.1. The van der Waals surface area contributed by atoms with Crippen molar-refractivity contribution in [2.24, 2.45) is 0 Å². The molecule has 3 aromatic carbocycles. The molecule has 3 rings (SSSR count). The normalized spacial score (nSPS) is 10.6. The molecule has 0 atom stereocenters. The first kappa shape index (κ1) is 28.7. The van der Waals surface area contributed by atoms with E-state index in [1.54, 1.807) is 12.1 Å². The second-order valence-electron chi connectivity index (χ2n) is 9.19. The summed E-state index contributed by atoms with van der Waals surface area (Å²) in [6, 6.07) is 23.3. The molecule has 0 unspecified atom stereocenters.